The molecule has 1 aliphatic carbocycles. The molecule has 1 aliphatic rings. The van der Waals surface area contributed by atoms with Gasteiger partial charge in [0.1, 0.15) is 0 Å². The topological polar surface area (TPSA) is 50.2 Å². The Balaban J connectivity index is 2.18. The number of benzene rings is 1. The summed E-state index contributed by atoms with van der Waals surface area (Å²) in [5, 5.41) is 10.4. The van der Waals surface area contributed by atoms with E-state index in [1.165, 1.54) is 0 Å². The van der Waals surface area contributed by atoms with E-state index in [0.29, 0.717) is 5.92 Å². The highest BCUT2D eigenvalue weighted by atomic mass is 16.4. The van der Waals surface area contributed by atoms with Gasteiger partial charge in [-0.3, -0.25) is 9.78 Å². The Morgan fingerprint density at radius 3 is 2.76 bits per heavy atom. The smallest absolute Gasteiger partial charge is 0.311 e. The lowest BCUT2D eigenvalue weighted by molar-refractivity contribution is -0.139. The number of carboxylic acids is 1. The molecule has 1 saturated carbocycles. The van der Waals surface area contributed by atoms with Crippen molar-refractivity contribution < 1.29 is 9.90 Å². The average molecular weight is 227 g/mol. The van der Waals surface area contributed by atoms with E-state index in [1.807, 2.05) is 30.3 Å². The predicted molar refractivity (Wildman–Crippen MR) is 64.8 cm³/mol. The molecular weight excluding hydrogens is 214 g/mol. The molecule has 0 spiro atoms. The molecule has 1 aromatic heterocycles. The van der Waals surface area contributed by atoms with E-state index in [-0.39, 0.29) is 0 Å². The van der Waals surface area contributed by atoms with Crippen LogP contribution in [0.25, 0.3) is 10.9 Å². The molecule has 0 saturated heterocycles. The van der Waals surface area contributed by atoms with E-state index in [0.717, 1.165) is 29.3 Å². The molecule has 0 amide bonds. The zero-order chi connectivity index (χ0) is 11.8. The quantitative estimate of drug-likeness (QED) is 0.877. The lowest BCUT2D eigenvalue weighted by atomic mass is 9.92. The molecule has 1 heterocycles. The van der Waals surface area contributed by atoms with Crippen molar-refractivity contribution in [1.29, 1.82) is 0 Å². The minimum Gasteiger partial charge on any atom is -0.481 e. The number of aromatic nitrogens is 1. The second kappa shape index (κ2) is 3.84. The van der Waals surface area contributed by atoms with Crippen molar-refractivity contribution in [3.8, 4) is 0 Å². The molecule has 2 aromatic rings. The van der Waals surface area contributed by atoms with Crippen LogP contribution in [0.1, 0.15) is 24.3 Å². The summed E-state index contributed by atoms with van der Waals surface area (Å²) in [5.74, 6) is -0.834. The van der Waals surface area contributed by atoms with Crippen molar-refractivity contribution in [1.82, 2.24) is 4.98 Å². The summed E-state index contributed by atoms with van der Waals surface area (Å²) in [5.41, 5.74) is 1.69. The third kappa shape index (κ3) is 1.78. The zero-order valence-electron chi connectivity index (χ0n) is 9.34. The number of hydrogen-bond acceptors (Lipinski definition) is 2. The molecule has 0 aliphatic heterocycles. The molecule has 86 valence electrons. The van der Waals surface area contributed by atoms with Crippen molar-refractivity contribution in [3.63, 3.8) is 0 Å². The second-order valence-corrected chi connectivity index (χ2v) is 4.58. The van der Waals surface area contributed by atoms with Crippen molar-refractivity contribution in [2.24, 2.45) is 5.92 Å². The zero-order valence-corrected chi connectivity index (χ0v) is 9.34. The first kappa shape index (κ1) is 10.3. The number of hydrogen-bond donors (Lipinski definition) is 1. The molecule has 1 aromatic carbocycles. The summed E-state index contributed by atoms with van der Waals surface area (Å²) in [6.45, 7) is 0. The predicted octanol–water partition coefficient (Wildman–Crippen LogP) is 2.81. The van der Waals surface area contributed by atoms with Crippen LogP contribution in [0, 0.1) is 5.92 Å². The van der Waals surface area contributed by atoms with Gasteiger partial charge in [-0.15, -0.1) is 0 Å². The van der Waals surface area contributed by atoms with E-state index in [2.05, 4.69) is 4.98 Å². The highest BCUT2D eigenvalue weighted by Crippen LogP contribution is 2.44. The lowest BCUT2D eigenvalue weighted by Gasteiger charge is -2.13. The SMILES string of the molecule is O=C(O)C(c1cccc2cccnc12)C1CC1. The van der Waals surface area contributed by atoms with Gasteiger partial charge in [-0.25, -0.2) is 0 Å². The molecule has 3 rings (SSSR count). The largest absolute Gasteiger partial charge is 0.481 e. The minimum absolute atomic E-state index is 0.292. The van der Waals surface area contributed by atoms with E-state index >= 15 is 0 Å². The Bertz CT molecular complexity index is 570. The number of rotatable bonds is 3. The van der Waals surface area contributed by atoms with Crippen LogP contribution in [0.5, 0.6) is 0 Å². The molecule has 1 N–H and O–H groups in total. The first-order valence-corrected chi connectivity index (χ1v) is 5.84. The monoisotopic (exact) mass is 227 g/mol. The van der Waals surface area contributed by atoms with E-state index in [4.69, 9.17) is 0 Å². The van der Waals surface area contributed by atoms with E-state index in [1.54, 1.807) is 6.20 Å². The Morgan fingerprint density at radius 2 is 2.06 bits per heavy atom. The summed E-state index contributed by atoms with van der Waals surface area (Å²) < 4.78 is 0. The fourth-order valence-corrected chi connectivity index (χ4v) is 2.40. The van der Waals surface area contributed by atoms with Crippen LogP contribution in [0.3, 0.4) is 0 Å². The number of para-hydroxylation sites is 1. The van der Waals surface area contributed by atoms with Gasteiger partial charge in [-0.1, -0.05) is 24.3 Å². The second-order valence-electron chi connectivity index (χ2n) is 4.58. The molecule has 0 bridgehead atoms. The van der Waals surface area contributed by atoms with Crippen LogP contribution in [-0.2, 0) is 4.79 Å². The fraction of sp³-hybridized carbons (Fsp3) is 0.286. The van der Waals surface area contributed by atoms with Crippen LogP contribution in [-0.4, -0.2) is 16.1 Å². The minimum atomic E-state index is -0.731. The Hall–Kier alpha value is -1.90. The van der Waals surface area contributed by atoms with Gasteiger partial charge in [-0.2, -0.15) is 0 Å². The maximum Gasteiger partial charge on any atom is 0.311 e. The first-order chi connectivity index (χ1) is 8.27. The average Bonchev–Trinajstić information content (AvgIpc) is 3.14. The summed E-state index contributed by atoms with van der Waals surface area (Å²) in [7, 11) is 0. The van der Waals surface area contributed by atoms with Gasteiger partial charge < -0.3 is 5.11 Å². The number of fused-ring (bicyclic) bond motifs is 1. The van der Waals surface area contributed by atoms with Gasteiger partial charge in [-0.05, 0) is 30.4 Å². The van der Waals surface area contributed by atoms with Crippen molar-refractivity contribution >= 4 is 16.9 Å². The molecule has 3 nitrogen and oxygen atoms in total. The molecule has 0 radical (unpaired) electrons. The van der Waals surface area contributed by atoms with Gasteiger partial charge in [0.25, 0.3) is 0 Å². The highest BCUT2D eigenvalue weighted by Gasteiger charge is 2.38. The summed E-state index contributed by atoms with van der Waals surface area (Å²) in [6, 6.07) is 9.62. The van der Waals surface area contributed by atoms with Crippen molar-refractivity contribution in [2.75, 3.05) is 0 Å². The fourth-order valence-electron chi connectivity index (χ4n) is 2.40. The molecule has 1 fully saturated rings. The number of carbonyl (C=O) groups is 1. The molecule has 1 unspecified atom stereocenters. The van der Waals surface area contributed by atoms with Crippen LogP contribution in [0.4, 0.5) is 0 Å². The number of aliphatic carboxylic acids is 1. The Labute approximate surface area is 99.1 Å². The third-order valence-electron chi connectivity index (χ3n) is 3.36. The van der Waals surface area contributed by atoms with Gasteiger partial charge in [0, 0.05) is 11.6 Å². The Kier molecular flexibility index (Phi) is 2.32. The van der Waals surface area contributed by atoms with Gasteiger partial charge >= 0.3 is 5.97 Å². The number of nitrogens with zero attached hydrogens (tertiary/aromatic N) is 1. The van der Waals surface area contributed by atoms with Gasteiger partial charge in [0.2, 0.25) is 0 Å². The first-order valence-electron chi connectivity index (χ1n) is 5.84. The van der Waals surface area contributed by atoms with E-state index < -0.39 is 11.9 Å². The third-order valence-corrected chi connectivity index (χ3v) is 3.36. The molecule has 3 heteroatoms. The lowest BCUT2D eigenvalue weighted by Crippen LogP contribution is -2.14. The maximum absolute atomic E-state index is 11.4. The summed E-state index contributed by atoms with van der Waals surface area (Å²) in [6.07, 6.45) is 3.75. The van der Waals surface area contributed by atoms with Gasteiger partial charge in [0.05, 0.1) is 11.4 Å². The highest BCUT2D eigenvalue weighted by molar-refractivity contribution is 5.88. The summed E-state index contributed by atoms with van der Waals surface area (Å²) in [4.78, 5) is 15.7. The number of pyridine rings is 1. The van der Waals surface area contributed by atoms with E-state index in [9.17, 15) is 9.90 Å². The Morgan fingerprint density at radius 1 is 1.29 bits per heavy atom. The van der Waals surface area contributed by atoms with Crippen LogP contribution >= 0.6 is 0 Å². The van der Waals surface area contributed by atoms with Crippen molar-refractivity contribution in [3.05, 3.63) is 42.1 Å². The van der Waals surface area contributed by atoms with Crippen molar-refractivity contribution in [2.45, 2.75) is 18.8 Å². The standard InChI is InChI=1S/C14H13NO2/c16-14(17)12(9-6-7-9)11-5-1-3-10-4-2-8-15-13(10)11/h1-5,8-9,12H,6-7H2,(H,16,17). The molecule has 17 heavy (non-hydrogen) atoms. The van der Waals surface area contributed by atoms with Crippen LogP contribution in [0.2, 0.25) is 0 Å². The van der Waals surface area contributed by atoms with Crippen LogP contribution < -0.4 is 0 Å². The molecule has 1 atom stereocenters. The molecular formula is C14H13NO2. The van der Waals surface area contributed by atoms with Gasteiger partial charge in [0.15, 0.2) is 0 Å². The summed E-state index contributed by atoms with van der Waals surface area (Å²) >= 11 is 0. The number of carboxylic acid groups (broad SMARTS) is 1. The normalized spacial score (nSPS) is 16.9. The maximum atomic E-state index is 11.4. The van der Waals surface area contributed by atoms with Crippen LogP contribution in [0.15, 0.2) is 36.5 Å².